The van der Waals surface area contributed by atoms with Gasteiger partial charge in [0.1, 0.15) is 5.92 Å². The Morgan fingerprint density at radius 3 is 2.75 bits per heavy atom. The summed E-state index contributed by atoms with van der Waals surface area (Å²) in [5, 5.41) is 27.2. The van der Waals surface area contributed by atoms with Gasteiger partial charge in [0, 0.05) is 29.1 Å². The van der Waals surface area contributed by atoms with E-state index in [1.807, 2.05) is 30.3 Å². The van der Waals surface area contributed by atoms with Crippen LogP contribution in [0.3, 0.4) is 0 Å². The number of amides is 2. The molecule has 144 valence electrons. The van der Waals surface area contributed by atoms with Crippen LogP contribution in [0.1, 0.15) is 17.0 Å². The summed E-state index contributed by atoms with van der Waals surface area (Å²) in [5.41, 5.74) is 2.46. The second-order valence-corrected chi connectivity index (χ2v) is 6.53. The van der Waals surface area contributed by atoms with Crippen molar-refractivity contribution in [1.82, 2.24) is 10.7 Å². The first kappa shape index (κ1) is 19.3. The normalized spacial score (nSPS) is 18.8. The lowest BCUT2D eigenvalue weighted by molar-refractivity contribution is -0.385. The second-order valence-electron chi connectivity index (χ2n) is 6.09. The Morgan fingerprint density at radius 2 is 2.07 bits per heavy atom. The number of nitro groups is 1. The first-order valence-corrected chi connectivity index (χ1v) is 8.58. The fourth-order valence-corrected chi connectivity index (χ4v) is 3.23. The molecule has 0 bridgehead atoms. The number of rotatable bonds is 5. The van der Waals surface area contributed by atoms with Crippen molar-refractivity contribution < 1.29 is 19.6 Å². The van der Waals surface area contributed by atoms with E-state index in [0.29, 0.717) is 6.54 Å². The molecule has 0 aliphatic carbocycles. The Morgan fingerprint density at radius 1 is 1.36 bits per heavy atom. The minimum atomic E-state index is -0.971. The van der Waals surface area contributed by atoms with Gasteiger partial charge in [-0.25, -0.2) is 5.43 Å². The van der Waals surface area contributed by atoms with Gasteiger partial charge in [0.15, 0.2) is 0 Å². The van der Waals surface area contributed by atoms with Crippen LogP contribution in [0.2, 0.25) is 5.02 Å². The van der Waals surface area contributed by atoms with Gasteiger partial charge in [0.2, 0.25) is 11.7 Å². The summed E-state index contributed by atoms with van der Waals surface area (Å²) in [6, 6.07) is 11.4. The van der Waals surface area contributed by atoms with Gasteiger partial charge in [-0.05, 0) is 11.6 Å². The van der Waals surface area contributed by atoms with E-state index >= 15 is 0 Å². The summed E-state index contributed by atoms with van der Waals surface area (Å²) < 4.78 is 0. The van der Waals surface area contributed by atoms with E-state index in [4.69, 9.17) is 11.6 Å². The molecule has 0 spiro atoms. The molecule has 10 heteroatoms. The Kier molecular flexibility index (Phi) is 5.55. The first-order chi connectivity index (χ1) is 13.4. The molecule has 2 amide bonds. The van der Waals surface area contributed by atoms with Gasteiger partial charge < -0.3 is 10.4 Å². The molecule has 28 heavy (non-hydrogen) atoms. The fraction of sp³-hybridized carbons (Fsp3) is 0.167. The minimum absolute atomic E-state index is 0.0246. The fourth-order valence-electron chi connectivity index (χ4n) is 3.01. The Bertz CT molecular complexity index is 964. The molecule has 2 atom stereocenters. The van der Waals surface area contributed by atoms with Crippen LogP contribution in [0.15, 0.2) is 47.6 Å². The zero-order chi connectivity index (χ0) is 20.3. The number of nitro benzene ring substituents is 1. The van der Waals surface area contributed by atoms with Gasteiger partial charge in [0.05, 0.1) is 11.1 Å². The molecule has 9 nitrogen and oxygen atoms in total. The van der Waals surface area contributed by atoms with Crippen molar-refractivity contribution in [3.63, 3.8) is 0 Å². The number of hydrogen-bond donors (Lipinski definition) is 3. The molecule has 1 heterocycles. The molecular weight excluding hydrogens is 388 g/mol. The van der Waals surface area contributed by atoms with Gasteiger partial charge in [-0.3, -0.25) is 19.7 Å². The lowest BCUT2D eigenvalue weighted by atomic mass is 9.88. The van der Waals surface area contributed by atoms with Crippen LogP contribution in [0, 0.1) is 16.0 Å². The van der Waals surface area contributed by atoms with Crippen molar-refractivity contribution in [2.45, 2.75) is 5.92 Å². The van der Waals surface area contributed by atoms with Gasteiger partial charge >= 0.3 is 5.69 Å². The number of hydrogen-bond acceptors (Lipinski definition) is 6. The average Bonchev–Trinajstić information content (AvgIpc) is 3.06. The van der Waals surface area contributed by atoms with Gasteiger partial charge in [-0.2, -0.15) is 5.10 Å². The van der Waals surface area contributed by atoms with Crippen LogP contribution < -0.4 is 10.7 Å². The molecule has 3 N–H and O–H groups in total. The third kappa shape index (κ3) is 3.94. The molecule has 0 aromatic heterocycles. The topological polar surface area (TPSA) is 134 Å². The van der Waals surface area contributed by atoms with Crippen LogP contribution in [0.25, 0.3) is 0 Å². The Hall–Kier alpha value is -3.46. The van der Waals surface area contributed by atoms with Crippen LogP contribution in [-0.2, 0) is 9.59 Å². The van der Waals surface area contributed by atoms with E-state index in [9.17, 15) is 24.8 Å². The molecule has 3 rings (SSSR count). The summed E-state index contributed by atoms with van der Waals surface area (Å²) in [7, 11) is 0. The highest BCUT2D eigenvalue weighted by Gasteiger charge is 2.40. The Labute approximate surface area is 164 Å². The number of phenols is 1. The smallest absolute Gasteiger partial charge is 0.312 e. The molecule has 1 fully saturated rings. The van der Waals surface area contributed by atoms with Gasteiger partial charge in [0.25, 0.3) is 5.91 Å². The minimum Gasteiger partial charge on any atom is -0.502 e. The maximum atomic E-state index is 12.5. The zero-order valence-electron chi connectivity index (χ0n) is 14.3. The standard InChI is InChI=1S/C18H15ClN4O5/c19-12-6-11(16(24)14(7-12)23(27)28)8-21-22-18(26)15-13(9-20-17(15)25)10-4-2-1-3-5-10/h1-8,13,15,24H,9H2,(H,20,25)(H,22,26)/b21-8+/t13-,15-/m1/s1. The van der Waals surface area contributed by atoms with Crippen molar-refractivity contribution in [3.8, 4) is 5.75 Å². The molecule has 2 aromatic carbocycles. The maximum absolute atomic E-state index is 12.5. The van der Waals surface area contributed by atoms with Gasteiger partial charge in [-0.1, -0.05) is 41.9 Å². The number of aromatic hydroxyl groups is 1. The summed E-state index contributed by atoms with van der Waals surface area (Å²) in [5.74, 6) is -2.99. The summed E-state index contributed by atoms with van der Waals surface area (Å²) in [6.07, 6.45) is 1.02. The lowest BCUT2D eigenvalue weighted by Crippen LogP contribution is -2.34. The first-order valence-electron chi connectivity index (χ1n) is 8.21. The predicted octanol–water partition coefficient (Wildman–Crippen LogP) is 1.93. The molecule has 2 aromatic rings. The van der Waals surface area contributed by atoms with Gasteiger partial charge in [-0.15, -0.1) is 0 Å². The van der Waals surface area contributed by atoms with Crippen LogP contribution in [0.4, 0.5) is 5.69 Å². The third-order valence-corrected chi connectivity index (χ3v) is 4.57. The third-order valence-electron chi connectivity index (χ3n) is 4.35. The summed E-state index contributed by atoms with van der Waals surface area (Å²) in [4.78, 5) is 34.7. The largest absolute Gasteiger partial charge is 0.502 e. The number of nitrogens with zero attached hydrogens (tertiary/aromatic N) is 2. The van der Waals surface area contributed by atoms with E-state index in [1.165, 1.54) is 6.07 Å². The highest BCUT2D eigenvalue weighted by Crippen LogP contribution is 2.32. The number of nitrogens with one attached hydrogen (secondary N) is 2. The van der Waals surface area contributed by atoms with E-state index < -0.39 is 34.1 Å². The van der Waals surface area contributed by atoms with E-state index in [-0.39, 0.29) is 16.5 Å². The highest BCUT2D eigenvalue weighted by atomic mass is 35.5. The van der Waals surface area contributed by atoms with Crippen molar-refractivity contribution in [1.29, 1.82) is 0 Å². The quantitative estimate of drug-likeness (QED) is 0.304. The van der Waals surface area contributed by atoms with Crippen LogP contribution in [0.5, 0.6) is 5.75 Å². The highest BCUT2D eigenvalue weighted by molar-refractivity contribution is 6.31. The molecule has 0 unspecified atom stereocenters. The summed E-state index contributed by atoms with van der Waals surface area (Å²) >= 11 is 5.80. The molecule has 0 radical (unpaired) electrons. The van der Waals surface area contributed by atoms with Crippen molar-refractivity contribution >= 4 is 35.3 Å². The van der Waals surface area contributed by atoms with E-state index in [2.05, 4.69) is 15.8 Å². The number of hydrazone groups is 1. The van der Waals surface area contributed by atoms with E-state index in [0.717, 1.165) is 17.8 Å². The number of halogens is 1. The van der Waals surface area contributed by atoms with Crippen molar-refractivity contribution in [2.75, 3.05) is 6.54 Å². The van der Waals surface area contributed by atoms with Crippen molar-refractivity contribution in [3.05, 3.63) is 68.7 Å². The average molecular weight is 403 g/mol. The number of carbonyl (C=O) groups is 2. The Balaban J connectivity index is 1.76. The number of benzene rings is 2. The number of phenolic OH excluding ortho intramolecular Hbond substituents is 1. The SMILES string of the molecule is O=C1NC[C@H](c2ccccc2)[C@H]1C(=O)N/N=C/c1cc(Cl)cc([N+](=O)[O-])c1O. The van der Waals surface area contributed by atoms with Crippen LogP contribution >= 0.6 is 11.6 Å². The van der Waals surface area contributed by atoms with Crippen molar-refractivity contribution in [2.24, 2.45) is 11.0 Å². The van der Waals surface area contributed by atoms with Crippen LogP contribution in [-0.4, -0.2) is 34.6 Å². The van der Waals surface area contributed by atoms with E-state index in [1.54, 1.807) is 0 Å². The second kappa shape index (κ2) is 8.05. The molecule has 1 aliphatic rings. The summed E-state index contributed by atoms with van der Waals surface area (Å²) in [6.45, 7) is 0.325. The predicted molar refractivity (Wildman–Crippen MR) is 101 cm³/mol. The maximum Gasteiger partial charge on any atom is 0.312 e. The number of carbonyl (C=O) groups excluding carboxylic acids is 2. The monoisotopic (exact) mass is 402 g/mol. The molecule has 1 aliphatic heterocycles. The zero-order valence-corrected chi connectivity index (χ0v) is 15.1. The molecule has 0 saturated carbocycles. The molecule has 1 saturated heterocycles. The lowest BCUT2D eigenvalue weighted by Gasteiger charge is -2.15. The molecular formula is C18H15ClN4O5.